The van der Waals surface area contributed by atoms with E-state index >= 15 is 0 Å². The fourth-order valence-electron chi connectivity index (χ4n) is 5.02. The van der Waals surface area contributed by atoms with Gasteiger partial charge in [-0.1, -0.05) is 64.2 Å². The summed E-state index contributed by atoms with van der Waals surface area (Å²) in [6.45, 7) is 4.73. The zero-order chi connectivity index (χ0) is 36.4. The predicted molar refractivity (Wildman–Crippen MR) is 187 cm³/mol. The molecule has 0 bridgehead atoms. The molecular weight excluding hydrogens is 634 g/mol. The summed E-state index contributed by atoms with van der Waals surface area (Å²) in [6, 6.07) is -1.15. The van der Waals surface area contributed by atoms with Crippen molar-refractivity contribution in [1.82, 2.24) is 16.0 Å². The van der Waals surface area contributed by atoms with Gasteiger partial charge in [-0.15, -0.1) is 0 Å². The highest BCUT2D eigenvalue weighted by Crippen LogP contribution is 2.13. The molecule has 0 rings (SSSR count). The highest BCUT2D eigenvalue weighted by molar-refractivity contribution is 5.87. The molecule has 0 aromatic rings. The van der Waals surface area contributed by atoms with E-state index in [1.165, 1.54) is 51.9 Å². The molecule has 49 heavy (non-hydrogen) atoms. The van der Waals surface area contributed by atoms with Crippen molar-refractivity contribution in [3.05, 3.63) is 0 Å². The van der Waals surface area contributed by atoms with E-state index in [2.05, 4.69) is 16.0 Å². The number of hydrogen-bond donors (Lipinski definition) is 5. The highest BCUT2D eigenvalue weighted by atomic mass is 16.5. The Kier molecular flexibility index (Phi) is 31.3. The van der Waals surface area contributed by atoms with Crippen molar-refractivity contribution in [2.75, 3.05) is 39.5 Å². The number of unbranched alkanes of at least 4 members (excludes halogenated alkanes) is 12. The van der Waals surface area contributed by atoms with Crippen molar-refractivity contribution in [2.45, 2.75) is 154 Å². The van der Waals surface area contributed by atoms with Crippen LogP contribution in [0.4, 0.5) is 0 Å². The monoisotopic (exact) mass is 699 g/mol. The summed E-state index contributed by atoms with van der Waals surface area (Å²) < 4.78 is 11.2. The van der Waals surface area contributed by atoms with Crippen molar-refractivity contribution in [3.8, 4) is 0 Å². The van der Waals surface area contributed by atoms with E-state index in [0.29, 0.717) is 52.4 Å². The lowest BCUT2D eigenvalue weighted by atomic mass is 10.0. The molecule has 0 aliphatic rings. The normalized spacial score (nSPS) is 11.5. The number of aliphatic carboxylic acids is 2. The van der Waals surface area contributed by atoms with Gasteiger partial charge in [0, 0.05) is 71.6 Å². The summed E-state index contributed by atoms with van der Waals surface area (Å²) in [5.74, 6) is -2.80. The molecule has 13 heteroatoms. The number of carboxylic acid groups (broad SMARTS) is 2. The minimum atomic E-state index is -1.21. The molecule has 13 nitrogen and oxygen atoms in total. The summed E-state index contributed by atoms with van der Waals surface area (Å²) in [4.78, 5) is 68.6. The van der Waals surface area contributed by atoms with Crippen LogP contribution in [0, 0.1) is 0 Å². The number of ether oxygens (including phenoxy) is 2. The van der Waals surface area contributed by atoms with E-state index in [1.807, 2.05) is 0 Å². The van der Waals surface area contributed by atoms with Crippen molar-refractivity contribution < 1.29 is 48.5 Å². The molecule has 0 saturated heterocycles. The van der Waals surface area contributed by atoms with Crippen molar-refractivity contribution in [1.29, 1.82) is 0 Å². The molecule has 0 aliphatic carbocycles. The summed E-state index contributed by atoms with van der Waals surface area (Å²) in [7, 11) is 0. The van der Waals surface area contributed by atoms with E-state index < -0.39 is 23.9 Å². The number of carboxylic acids is 2. The molecule has 0 aliphatic heterocycles. The first-order valence-corrected chi connectivity index (χ1v) is 18.5. The Morgan fingerprint density at radius 2 is 0.898 bits per heavy atom. The Bertz CT molecular complexity index is 915. The summed E-state index contributed by atoms with van der Waals surface area (Å²) in [5.41, 5.74) is 0. The number of nitrogens with one attached hydrogen (secondary N) is 3. The second kappa shape index (κ2) is 33.4. The lowest BCUT2D eigenvalue weighted by molar-refractivity contribution is -0.142. The van der Waals surface area contributed by atoms with Gasteiger partial charge in [0.1, 0.15) is 11.8 Å². The quantitative estimate of drug-likeness (QED) is 0.0550. The molecule has 0 spiro atoms. The molecule has 284 valence electrons. The van der Waals surface area contributed by atoms with E-state index in [0.717, 1.165) is 51.4 Å². The molecular formula is C36H65N3O10. The number of carbonyl (C=O) groups is 6. The van der Waals surface area contributed by atoms with Gasteiger partial charge in [0.05, 0.1) is 0 Å². The minimum absolute atomic E-state index is 0.0173. The molecule has 0 radical (unpaired) electrons. The Labute approximate surface area is 293 Å². The fourth-order valence-corrected chi connectivity index (χ4v) is 5.02. The SMILES string of the molecule is CC(=O)CCC(NC(=O)CCC(=O)NCCCOCCCCOCCCNC(=O)CCCCCCCCCCCCCCC(=O)O)C(=O)O. The van der Waals surface area contributed by atoms with Crippen LogP contribution in [-0.4, -0.2) is 91.2 Å². The molecule has 3 amide bonds. The molecule has 0 heterocycles. The third-order valence-corrected chi connectivity index (χ3v) is 7.94. The molecule has 0 saturated carbocycles. The summed E-state index contributed by atoms with van der Waals surface area (Å²) in [5, 5.41) is 25.8. The van der Waals surface area contributed by atoms with Crippen LogP contribution < -0.4 is 16.0 Å². The Morgan fingerprint density at radius 3 is 1.35 bits per heavy atom. The van der Waals surface area contributed by atoms with Crippen molar-refractivity contribution >= 4 is 35.4 Å². The van der Waals surface area contributed by atoms with Crippen molar-refractivity contribution in [3.63, 3.8) is 0 Å². The molecule has 0 aromatic carbocycles. The number of amides is 3. The predicted octanol–water partition coefficient (Wildman–Crippen LogP) is 5.08. The van der Waals surface area contributed by atoms with Gasteiger partial charge >= 0.3 is 11.9 Å². The minimum Gasteiger partial charge on any atom is -0.481 e. The average Bonchev–Trinajstić information content (AvgIpc) is 3.05. The van der Waals surface area contributed by atoms with Gasteiger partial charge in [-0.2, -0.15) is 0 Å². The smallest absolute Gasteiger partial charge is 0.326 e. The fraction of sp³-hybridized carbons (Fsp3) is 0.833. The number of ketones is 1. The first-order chi connectivity index (χ1) is 23.6. The zero-order valence-electron chi connectivity index (χ0n) is 30.0. The van der Waals surface area contributed by atoms with E-state index in [1.54, 1.807) is 0 Å². The lowest BCUT2D eigenvalue weighted by Crippen LogP contribution is -2.41. The van der Waals surface area contributed by atoms with Gasteiger partial charge in [0.15, 0.2) is 0 Å². The van der Waals surface area contributed by atoms with Gasteiger partial charge in [0.25, 0.3) is 0 Å². The molecule has 0 fully saturated rings. The first kappa shape index (κ1) is 45.9. The lowest BCUT2D eigenvalue weighted by Gasteiger charge is -2.13. The summed E-state index contributed by atoms with van der Waals surface area (Å²) >= 11 is 0. The third-order valence-electron chi connectivity index (χ3n) is 7.94. The first-order valence-electron chi connectivity index (χ1n) is 18.5. The number of Topliss-reactive ketones (excluding diaryl/α,β-unsaturated/α-hetero) is 1. The standard InChI is InChI=1S/C36H65N3O10/c1-30(40)20-21-31(36(46)47)39-34(43)23-22-33(42)38-25-17-29-49-27-15-14-26-48-28-16-24-37-32(41)18-12-10-8-6-4-2-3-5-7-9-11-13-19-35(44)45/h31H,2-29H2,1H3,(H,37,41)(H,38,42)(H,39,43)(H,44,45)(H,46,47). The summed E-state index contributed by atoms with van der Waals surface area (Å²) in [6.07, 6.45) is 17.5. The zero-order valence-corrected chi connectivity index (χ0v) is 30.0. The van der Waals surface area contributed by atoms with Crippen LogP contribution >= 0.6 is 0 Å². The molecule has 0 aromatic heterocycles. The van der Waals surface area contributed by atoms with Crippen LogP contribution in [0.25, 0.3) is 0 Å². The van der Waals surface area contributed by atoms with Gasteiger partial charge in [-0.05, 0) is 51.9 Å². The van der Waals surface area contributed by atoms with E-state index in [9.17, 15) is 28.8 Å². The van der Waals surface area contributed by atoms with Gasteiger partial charge < -0.3 is 40.4 Å². The molecule has 1 atom stereocenters. The number of hydrogen-bond acceptors (Lipinski definition) is 8. The third kappa shape index (κ3) is 34.6. The van der Waals surface area contributed by atoms with Crippen LogP contribution in [0.3, 0.4) is 0 Å². The van der Waals surface area contributed by atoms with E-state index in [-0.39, 0.29) is 49.7 Å². The van der Waals surface area contributed by atoms with Crippen molar-refractivity contribution in [2.24, 2.45) is 0 Å². The highest BCUT2D eigenvalue weighted by Gasteiger charge is 2.20. The maximum Gasteiger partial charge on any atom is 0.326 e. The number of rotatable bonds is 36. The van der Waals surface area contributed by atoms with Gasteiger partial charge in [-0.3, -0.25) is 19.2 Å². The topological polar surface area (TPSA) is 197 Å². The second-order valence-corrected chi connectivity index (χ2v) is 12.7. The maximum atomic E-state index is 12.0. The second-order valence-electron chi connectivity index (χ2n) is 12.7. The van der Waals surface area contributed by atoms with Crippen LogP contribution in [0.1, 0.15) is 148 Å². The Hall–Kier alpha value is -3.06. The van der Waals surface area contributed by atoms with Gasteiger partial charge in [0.2, 0.25) is 17.7 Å². The Balaban J connectivity index is 3.41. The number of carbonyl (C=O) groups excluding carboxylic acids is 4. The van der Waals surface area contributed by atoms with E-state index in [4.69, 9.17) is 19.7 Å². The van der Waals surface area contributed by atoms with Gasteiger partial charge in [-0.25, -0.2) is 4.79 Å². The van der Waals surface area contributed by atoms with Crippen LogP contribution in [-0.2, 0) is 38.2 Å². The molecule has 1 unspecified atom stereocenters. The molecule has 5 N–H and O–H groups in total. The largest absolute Gasteiger partial charge is 0.481 e. The van der Waals surface area contributed by atoms with Crippen LogP contribution in [0.5, 0.6) is 0 Å². The average molecular weight is 700 g/mol. The Morgan fingerprint density at radius 1 is 0.490 bits per heavy atom. The van der Waals surface area contributed by atoms with Crippen LogP contribution in [0.15, 0.2) is 0 Å². The maximum absolute atomic E-state index is 12.0. The van der Waals surface area contributed by atoms with Crippen LogP contribution in [0.2, 0.25) is 0 Å².